The van der Waals surface area contributed by atoms with E-state index >= 15 is 0 Å². The van der Waals surface area contributed by atoms with Crippen LogP contribution in [0.1, 0.15) is 17.5 Å². The first kappa shape index (κ1) is 16.8. The van der Waals surface area contributed by atoms with Crippen LogP contribution in [0.15, 0.2) is 18.2 Å². The van der Waals surface area contributed by atoms with Gasteiger partial charge in [-0.25, -0.2) is 0 Å². The van der Waals surface area contributed by atoms with Gasteiger partial charge in [0.15, 0.2) is 0 Å². The third-order valence-corrected chi connectivity index (χ3v) is 2.13. The molecule has 0 saturated carbocycles. The molecule has 116 valence electrons. The van der Waals surface area contributed by atoms with E-state index in [0.29, 0.717) is 12.1 Å². The van der Waals surface area contributed by atoms with E-state index < -0.39 is 47.6 Å². The zero-order chi connectivity index (χ0) is 16.4. The summed E-state index contributed by atoms with van der Waals surface area (Å²) in [5.41, 5.74) is -4.22. The van der Waals surface area contributed by atoms with Gasteiger partial charge in [-0.15, -0.1) is 0 Å². The monoisotopic (exact) mass is 316 g/mol. The minimum absolute atomic E-state index is 0.178. The highest BCUT2D eigenvalue weighted by atomic mass is 19.4. The normalized spacial score (nSPS) is 12.1. The molecule has 1 N–H and O–H groups in total. The molecule has 0 aliphatic rings. The van der Waals surface area contributed by atoms with E-state index in [4.69, 9.17) is 5.11 Å². The first-order valence-electron chi connectivity index (χ1n) is 5.13. The second kappa shape index (κ2) is 5.62. The predicted octanol–water partition coefficient (Wildman–Crippen LogP) is 3.10. The van der Waals surface area contributed by atoms with Crippen LogP contribution in [-0.2, 0) is 21.9 Å². The lowest BCUT2D eigenvalue weighted by atomic mass is 10.1. The summed E-state index contributed by atoms with van der Waals surface area (Å²) in [7, 11) is 0. The number of carboxylic acid groups (broad SMARTS) is 1. The highest BCUT2D eigenvalue weighted by molar-refractivity contribution is 5.91. The van der Waals surface area contributed by atoms with Crippen molar-refractivity contribution in [2.75, 3.05) is 0 Å². The molecule has 0 bridgehead atoms. The fourth-order valence-corrected chi connectivity index (χ4v) is 1.43. The summed E-state index contributed by atoms with van der Waals surface area (Å²) in [4.78, 5) is 21.2. The number of carboxylic acids is 1. The molecule has 4 nitrogen and oxygen atoms in total. The van der Waals surface area contributed by atoms with Crippen molar-refractivity contribution in [1.29, 1.82) is 0 Å². The molecule has 21 heavy (non-hydrogen) atoms. The molecule has 0 atom stereocenters. The SMILES string of the molecule is O=C(O)CC(=O)Oc1cccc(C(F)(F)F)c1C(F)(F)F. The van der Waals surface area contributed by atoms with Crippen molar-refractivity contribution in [3.8, 4) is 5.75 Å². The first-order chi connectivity index (χ1) is 9.43. The van der Waals surface area contributed by atoms with E-state index in [1.54, 1.807) is 0 Å². The first-order valence-corrected chi connectivity index (χ1v) is 5.13. The minimum Gasteiger partial charge on any atom is -0.481 e. The van der Waals surface area contributed by atoms with Gasteiger partial charge in [-0.2, -0.15) is 26.3 Å². The summed E-state index contributed by atoms with van der Waals surface area (Å²) < 4.78 is 80.0. The van der Waals surface area contributed by atoms with Crippen molar-refractivity contribution in [3.05, 3.63) is 29.3 Å². The third-order valence-electron chi connectivity index (χ3n) is 2.13. The maximum absolute atomic E-state index is 12.7. The van der Waals surface area contributed by atoms with Gasteiger partial charge in [0.2, 0.25) is 0 Å². The van der Waals surface area contributed by atoms with Crippen LogP contribution in [-0.4, -0.2) is 17.0 Å². The van der Waals surface area contributed by atoms with E-state index in [9.17, 15) is 35.9 Å². The summed E-state index contributed by atoms with van der Waals surface area (Å²) in [5, 5.41) is 8.27. The van der Waals surface area contributed by atoms with Crippen molar-refractivity contribution in [2.45, 2.75) is 18.8 Å². The van der Waals surface area contributed by atoms with E-state index in [-0.39, 0.29) is 6.07 Å². The Kier molecular flexibility index (Phi) is 4.49. The molecule has 0 amide bonds. The highest BCUT2D eigenvalue weighted by Crippen LogP contribution is 2.44. The lowest BCUT2D eigenvalue weighted by Gasteiger charge is -2.18. The standard InChI is InChI=1S/C11H6F6O4/c12-10(13,14)5-2-1-3-6(9(5)11(15,16)17)21-8(20)4-7(18)19/h1-3H,4H2,(H,18,19). The second-order valence-electron chi connectivity index (χ2n) is 3.72. The maximum Gasteiger partial charge on any atom is 0.420 e. The lowest BCUT2D eigenvalue weighted by molar-refractivity contribution is -0.163. The molecular formula is C11H6F6O4. The fraction of sp³-hybridized carbons (Fsp3) is 0.273. The molecule has 0 aromatic heterocycles. The van der Waals surface area contributed by atoms with Crippen molar-refractivity contribution < 1.29 is 45.8 Å². The van der Waals surface area contributed by atoms with Crippen LogP contribution in [0.5, 0.6) is 5.75 Å². The molecule has 1 aromatic carbocycles. The molecule has 0 aliphatic heterocycles. The number of carbonyl (C=O) groups excluding carboxylic acids is 1. The summed E-state index contributed by atoms with van der Waals surface area (Å²) in [6.07, 6.45) is -12.0. The summed E-state index contributed by atoms with van der Waals surface area (Å²) >= 11 is 0. The highest BCUT2D eigenvalue weighted by Gasteiger charge is 2.45. The zero-order valence-corrected chi connectivity index (χ0v) is 9.88. The van der Waals surface area contributed by atoms with Gasteiger partial charge in [-0.05, 0) is 12.1 Å². The molecule has 0 saturated heterocycles. The number of ether oxygens (including phenoxy) is 1. The van der Waals surface area contributed by atoms with Crippen LogP contribution in [0.2, 0.25) is 0 Å². The molecule has 0 fully saturated rings. The fourth-order valence-electron chi connectivity index (χ4n) is 1.43. The van der Waals surface area contributed by atoms with E-state index in [2.05, 4.69) is 4.74 Å². The van der Waals surface area contributed by atoms with Gasteiger partial charge in [-0.3, -0.25) is 9.59 Å². The molecule has 0 spiro atoms. The van der Waals surface area contributed by atoms with Crippen LogP contribution in [0.4, 0.5) is 26.3 Å². The van der Waals surface area contributed by atoms with Gasteiger partial charge in [-0.1, -0.05) is 6.07 Å². The largest absolute Gasteiger partial charge is 0.481 e. The number of carbonyl (C=O) groups is 2. The molecular weight excluding hydrogens is 310 g/mol. The van der Waals surface area contributed by atoms with Crippen LogP contribution in [0.25, 0.3) is 0 Å². The van der Waals surface area contributed by atoms with E-state index in [1.165, 1.54) is 0 Å². The van der Waals surface area contributed by atoms with Crippen LogP contribution < -0.4 is 4.74 Å². The summed E-state index contributed by atoms with van der Waals surface area (Å²) in [6.45, 7) is 0. The molecule has 0 heterocycles. The van der Waals surface area contributed by atoms with Gasteiger partial charge in [0.1, 0.15) is 17.7 Å². The Balaban J connectivity index is 3.33. The molecule has 1 aromatic rings. The minimum atomic E-state index is -5.44. The van der Waals surface area contributed by atoms with Crippen molar-refractivity contribution in [3.63, 3.8) is 0 Å². The van der Waals surface area contributed by atoms with Crippen LogP contribution >= 0.6 is 0 Å². The Labute approximate surface area is 112 Å². The van der Waals surface area contributed by atoms with Crippen molar-refractivity contribution >= 4 is 11.9 Å². The number of aliphatic carboxylic acids is 1. The quantitative estimate of drug-likeness (QED) is 0.403. The van der Waals surface area contributed by atoms with Crippen molar-refractivity contribution in [1.82, 2.24) is 0 Å². The van der Waals surface area contributed by atoms with Gasteiger partial charge in [0, 0.05) is 0 Å². The number of esters is 1. The predicted molar refractivity (Wildman–Crippen MR) is 54.3 cm³/mol. The average molecular weight is 316 g/mol. The van der Waals surface area contributed by atoms with Crippen LogP contribution in [0.3, 0.4) is 0 Å². The molecule has 0 aliphatic carbocycles. The topological polar surface area (TPSA) is 63.6 Å². The van der Waals surface area contributed by atoms with Gasteiger partial charge in [0.05, 0.1) is 5.56 Å². The molecule has 0 radical (unpaired) electrons. The zero-order valence-electron chi connectivity index (χ0n) is 9.88. The Morgan fingerprint density at radius 3 is 2.05 bits per heavy atom. The lowest BCUT2D eigenvalue weighted by Crippen LogP contribution is -2.20. The van der Waals surface area contributed by atoms with Gasteiger partial charge < -0.3 is 9.84 Å². The number of hydrogen-bond donors (Lipinski definition) is 1. The average Bonchev–Trinajstić information content (AvgIpc) is 2.24. The maximum atomic E-state index is 12.7. The molecule has 0 unspecified atom stereocenters. The summed E-state index contributed by atoms with van der Waals surface area (Å²) in [5.74, 6) is -4.71. The molecule has 1 rings (SSSR count). The Morgan fingerprint density at radius 1 is 1.05 bits per heavy atom. The third kappa shape index (κ3) is 4.36. The Bertz CT molecular complexity index is 561. The number of alkyl halides is 6. The Hall–Kier alpha value is -2.26. The Morgan fingerprint density at radius 2 is 1.62 bits per heavy atom. The number of halogens is 6. The number of benzene rings is 1. The number of rotatable bonds is 3. The smallest absolute Gasteiger partial charge is 0.420 e. The van der Waals surface area contributed by atoms with Crippen LogP contribution in [0, 0.1) is 0 Å². The second-order valence-corrected chi connectivity index (χ2v) is 3.72. The van der Waals surface area contributed by atoms with E-state index in [1.807, 2.05) is 0 Å². The van der Waals surface area contributed by atoms with Crippen molar-refractivity contribution in [2.24, 2.45) is 0 Å². The van der Waals surface area contributed by atoms with Gasteiger partial charge in [0.25, 0.3) is 0 Å². The summed E-state index contributed by atoms with van der Waals surface area (Å²) in [6, 6.07) is 1.29. The van der Waals surface area contributed by atoms with Gasteiger partial charge >= 0.3 is 24.3 Å². The molecule has 10 heteroatoms. The van der Waals surface area contributed by atoms with E-state index in [0.717, 1.165) is 0 Å². The number of hydrogen-bond acceptors (Lipinski definition) is 3.